The monoisotopic (exact) mass is 595 g/mol. The van der Waals surface area contributed by atoms with Crippen molar-refractivity contribution in [3.05, 3.63) is 102 Å². The number of nitrogens with zero attached hydrogens (tertiary/aromatic N) is 2. The summed E-state index contributed by atoms with van der Waals surface area (Å²) in [7, 11) is 0. The normalized spacial score (nSPS) is 13.0. The van der Waals surface area contributed by atoms with Gasteiger partial charge in [0.1, 0.15) is 6.61 Å². The SMILES string of the molecule is CCC(C=CC(N)=O)(CC)NCCOc1ccc(/C(=C(/CC(F)(F)F)c2ccccc2)c2ccc3n[nH]c(F)c3c2)cn1. The van der Waals surface area contributed by atoms with E-state index in [1.807, 2.05) is 13.8 Å². The van der Waals surface area contributed by atoms with E-state index in [9.17, 15) is 22.4 Å². The van der Waals surface area contributed by atoms with Crippen LogP contribution in [0.1, 0.15) is 49.8 Å². The number of hydrogen-bond donors (Lipinski definition) is 3. The number of ether oxygens (including phenoxy) is 1. The molecule has 0 bridgehead atoms. The van der Waals surface area contributed by atoms with E-state index in [1.165, 1.54) is 18.3 Å². The average molecular weight is 596 g/mol. The lowest BCUT2D eigenvalue weighted by molar-refractivity contribution is -0.123. The molecule has 0 saturated heterocycles. The molecule has 0 aliphatic heterocycles. The second-order valence-electron chi connectivity index (χ2n) is 10.0. The third-order valence-electron chi connectivity index (χ3n) is 7.28. The van der Waals surface area contributed by atoms with Gasteiger partial charge in [-0.2, -0.15) is 22.7 Å². The van der Waals surface area contributed by atoms with Crippen molar-refractivity contribution in [3.63, 3.8) is 0 Å². The van der Waals surface area contributed by atoms with Crippen LogP contribution in [0.25, 0.3) is 22.0 Å². The zero-order valence-electron chi connectivity index (χ0n) is 23.8. The molecule has 7 nitrogen and oxygen atoms in total. The molecule has 0 aliphatic carbocycles. The van der Waals surface area contributed by atoms with Crippen LogP contribution in [0.2, 0.25) is 0 Å². The van der Waals surface area contributed by atoms with Crippen LogP contribution in [-0.4, -0.2) is 46.0 Å². The van der Waals surface area contributed by atoms with Gasteiger partial charge in [0.05, 0.1) is 17.3 Å². The van der Waals surface area contributed by atoms with E-state index < -0.39 is 30.0 Å². The predicted molar refractivity (Wildman–Crippen MR) is 158 cm³/mol. The zero-order valence-corrected chi connectivity index (χ0v) is 23.8. The molecule has 0 spiro atoms. The largest absolute Gasteiger partial charge is 0.476 e. The summed E-state index contributed by atoms with van der Waals surface area (Å²) in [4.78, 5) is 15.6. The smallest absolute Gasteiger partial charge is 0.393 e. The molecule has 2 aromatic carbocycles. The lowest BCUT2D eigenvalue weighted by Crippen LogP contribution is -2.44. The molecule has 1 amide bonds. The summed E-state index contributed by atoms with van der Waals surface area (Å²) in [6, 6.07) is 16.2. The maximum absolute atomic E-state index is 14.4. The van der Waals surface area contributed by atoms with Crippen LogP contribution >= 0.6 is 0 Å². The van der Waals surface area contributed by atoms with Crippen molar-refractivity contribution in [1.82, 2.24) is 20.5 Å². The van der Waals surface area contributed by atoms with E-state index in [4.69, 9.17) is 10.5 Å². The minimum absolute atomic E-state index is 0.0236. The molecule has 0 atom stereocenters. The zero-order chi connectivity index (χ0) is 31.0. The van der Waals surface area contributed by atoms with Crippen LogP contribution in [0.15, 0.2) is 79.0 Å². The minimum atomic E-state index is -4.51. The van der Waals surface area contributed by atoms with Crippen molar-refractivity contribution in [2.45, 2.75) is 44.8 Å². The first-order valence-electron chi connectivity index (χ1n) is 13.9. The number of nitrogens with one attached hydrogen (secondary N) is 2. The van der Waals surface area contributed by atoms with E-state index in [2.05, 4.69) is 20.5 Å². The van der Waals surface area contributed by atoms with Crippen LogP contribution < -0.4 is 15.8 Å². The number of rotatable bonds is 13. The van der Waals surface area contributed by atoms with E-state index in [0.717, 1.165) is 12.8 Å². The van der Waals surface area contributed by atoms with Gasteiger partial charge in [-0.1, -0.05) is 56.3 Å². The Morgan fingerprint density at radius 1 is 1.02 bits per heavy atom. The number of pyridine rings is 1. The standard InChI is InChI=1S/C32H33F4N5O2/c1-3-31(4-2,15-14-27(37)42)39-16-17-43-28-13-11-23(20-38-28)29(22-10-12-26-24(18-22)30(33)41-40-26)25(19-32(34,35)36)21-8-6-5-7-9-21/h5-15,18,20,39H,3-4,16-17,19H2,1-2H3,(H2,37,42)(H,40,41)/b15-14?,29-25-. The third kappa shape index (κ3) is 8.07. The number of H-pyrrole nitrogens is 1. The number of primary amides is 1. The molecule has 11 heteroatoms. The number of amides is 1. The molecule has 2 aromatic heterocycles. The molecule has 0 radical (unpaired) electrons. The first kappa shape index (κ1) is 31.4. The highest BCUT2D eigenvalue weighted by atomic mass is 19.4. The van der Waals surface area contributed by atoms with Crippen molar-refractivity contribution in [2.75, 3.05) is 13.2 Å². The maximum Gasteiger partial charge on any atom is 0.393 e. The number of nitrogens with two attached hydrogens (primary N) is 1. The number of allylic oxidation sites excluding steroid dienone is 1. The molecule has 0 fully saturated rings. The van der Waals surface area contributed by atoms with Crippen LogP contribution in [-0.2, 0) is 4.79 Å². The predicted octanol–water partition coefficient (Wildman–Crippen LogP) is 6.58. The van der Waals surface area contributed by atoms with E-state index in [0.29, 0.717) is 28.8 Å². The minimum Gasteiger partial charge on any atom is -0.476 e. The number of fused-ring (bicyclic) bond motifs is 1. The molecule has 226 valence electrons. The molecule has 43 heavy (non-hydrogen) atoms. The lowest BCUT2D eigenvalue weighted by atomic mass is 9.88. The molecule has 4 aromatic rings. The van der Waals surface area contributed by atoms with Crippen molar-refractivity contribution < 1.29 is 27.1 Å². The summed E-state index contributed by atoms with van der Waals surface area (Å²) >= 11 is 0. The summed E-state index contributed by atoms with van der Waals surface area (Å²) in [5.41, 5.74) is 6.65. The van der Waals surface area contributed by atoms with E-state index >= 15 is 0 Å². The third-order valence-corrected chi connectivity index (χ3v) is 7.28. The number of carbonyl (C=O) groups is 1. The Balaban J connectivity index is 1.66. The van der Waals surface area contributed by atoms with Crippen LogP contribution in [0.3, 0.4) is 0 Å². The highest BCUT2D eigenvalue weighted by Crippen LogP contribution is 2.40. The van der Waals surface area contributed by atoms with Gasteiger partial charge < -0.3 is 15.8 Å². The van der Waals surface area contributed by atoms with Gasteiger partial charge in [-0.25, -0.2) is 4.98 Å². The molecule has 0 aliphatic rings. The molecular formula is C32H33F4N5O2. The first-order valence-corrected chi connectivity index (χ1v) is 13.9. The second kappa shape index (κ2) is 13.6. The highest BCUT2D eigenvalue weighted by Gasteiger charge is 2.32. The number of aromatic nitrogens is 3. The Kier molecular flexibility index (Phi) is 9.97. The Morgan fingerprint density at radius 3 is 2.37 bits per heavy atom. The number of benzene rings is 2. The quantitative estimate of drug-likeness (QED) is 0.0701. The van der Waals surface area contributed by atoms with Gasteiger partial charge in [0.25, 0.3) is 0 Å². The van der Waals surface area contributed by atoms with Crippen molar-refractivity contribution in [1.29, 1.82) is 0 Å². The highest BCUT2D eigenvalue weighted by molar-refractivity contribution is 6.00. The summed E-state index contributed by atoms with van der Waals surface area (Å²) in [5.74, 6) is -0.920. The summed E-state index contributed by atoms with van der Waals surface area (Å²) in [6.07, 6.45) is 0.288. The summed E-state index contributed by atoms with van der Waals surface area (Å²) < 4.78 is 62.0. The van der Waals surface area contributed by atoms with Gasteiger partial charge >= 0.3 is 6.18 Å². The fourth-order valence-corrected chi connectivity index (χ4v) is 4.93. The number of halogens is 4. The second-order valence-corrected chi connectivity index (χ2v) is 10.0. The van der Waals surface area contributed by atoms with E-state index in [-0.39, 0.29) is 29.0 Å². The molecule has 4 N–H and O–H groups in total. The molecule has 4 rings (SSSR count). The molecular weight excluding hydrogens is 562 g/mol. The Morgan fingerprint density at radius 2 is 1.74 bits per heavy atom. The van der Waals surface area contributed by atoms with E-state index in [1.54, 1.807) is 60.7 Å². The number of hydrogen-bond acceptors (Lipinski definition) is 5. The number of alkyl halides is 3. The lowest BCUT2D eigenvalue weighted by Gasteiger charge is -2.29. The Labute approximate surface area is 246 Å². The maximum atomic E-state index is 14.4. The fraction of sp³-hybridized carbons (Fsp3) is 0.281. The summed E-state index contributed by atoms with van der Waals surface area (Å²) in [6.45, 7) is 4.69. The van der Waals surface area contributed by atoms with Crippen LogP contribution in [0.4, 0.5) is 17.6 Å². The van der Waals surface area contributed by atoms with Gasteiger partial charge in [0, 0.05) is 36.0 Å². The van der Waals surface area contributed by atoms with Gasteiger partial charge in [0.2, 0.25) is 17.7 Å². The number of carbonyl (C=O) groups excluding carboxylic acids is 1. The van der Waals surface area contributed by atoms with Crippen molar-refractivity contribution in [2.24, 2.45) is 5.73 Å². The van der Waals surface area contributed by atoms with Crippen LogP contribution in [0.5, 0.6) is 5.88 Å². The van der Waals surface area contributed by atoms with Gasteiger partial charge in [-0.05, 0) is 53.3 Å². The molecule has 0 unspecified atom stereocenters. The molecule has 0 saturated carbocycles. The van der Waals surface area contributed by atoms with Crippen molar-refractivity contribution >= 4 is 28.0 Å². The summed E-state index contributed by atoms with van der Waals surface area (Å²) in [5, 5.41) is 9.71. The molecule has 2 heterocycles. The first-order chi connectivity index (χ1) is 20.5. The van der Waals surface area contributed by atoms with Crippen LogP contribution in [0, 0.1) is 5.95 Å². The number of aromatic amines is 1. The van der Waals surface area contributed by atoms with Gasteiger partial charge in [-0.15, -0.1) is 0 Å². The average Bonchev–Trinajstić information content (AvgIpc) is 3.37. The van der Waals surface area contributed by atoms with Gasteiger partial charge in [-0.3, -0.25) is 9.89 Å². The Hall–Kier alpha value is -4.51. The van der Waals surface area contributed by atoms with Gasteiger partial charge in [0.15, 0.2) is 0 Å². The topological polar surface area (TPSA) is 106 Å². The van der Waals surface area contributed by atoms with Crippen molar-refractivity contribution in [3.8, 4) is 5.88 Å². The Bertz CT molecular complexity index is 1590. The fourth-order valence-electron chi connectivity index (χ4n) is 4.93.